The van der Waals surface area contributed by atoms with Gasteiger partial charge < -0.3 is 49.2 Å². The standard InChI is InChI=1S/C49H64Cl4N6O12S2/c1-57-28-40(38-24-34(50)26-44(52)42(38)30-57)32-4-8-36(9-5-32)72(64,65)55-13-17-69-21-20-68-16-12-54-48(62)46(60)47(61)49(63)59(3)15-19-71-23-22-70-18-14-56-73(66,67)37-10-6-33(7-11-37)41-29-58(2)31-43-39(41)25-35(51)27-45(43)53/h4-10,24-27,37,40-41,46-47,55-56,60-61H,11-23,28-31H2,1-3H3,(H,54,62)/t37?,40?,41?,46?,47-/m1/s1. The number of carbonyl (C=O) groups excluding carboxylic acids is 2. The SMILES string of the molecule is CN1Cc2c(Cl)cc(Cl)cc2C(C2=CCC(S(=O)(=O)NCCOCCOCCN(C)C(=O)[C@H](O)C(O)C(=O)NCCOCCOCCNS(=O)(=O)c3ccc(C4CN(C)Cc5c(Cl)cc(Cl)cc54)cc3)C=C2)C1. The van der Waals surface area contributed by atoms with E-state index in [0.717, 1.165) is 51.4 Å². The van der Waals surface area contributed by atoms with Crippen LogP contribution in [0.15, 0.2) is 77.2 Å². The molecule has 6 rings (SSSR count). The summed E-state index contributed by atoms with van der Waals surface area (Å²) in [5.41, 5.74) is 6.07. The third kappa shape index (κ3) is 16.6. The van der Waals surface area contributed by atoms with Gasteiger partial charge in [-0.05, 0) is 90.3 Å². The number of carbonyl (C=O) groups is 2. The van der Waals surface area contributed by atoms with Crippen LogP contribution in [0, 0.1) is 0 Å². The number of aliphatic hydroxyl groups excluding tert-OH is 2. The maximum atomic E-state index is 13.0. The van der Waals surface area contributed by atoms with Gasteiger partial charge in [0.1, 0.15) is 0 Å². The fourth-order valence-electron chi connectivity index (χ4n) is 8.75. The zero-order valence-electron chi connectivity index (χ0n) is 40.9. The molecule has 0 spiro atoms. The lowest BCUT2D eigenvalue weighted by atomic mass is 9.82. The summed E-state index contributed by atoms with van der Waals surface area (Å²) in [5.74, 6) is -1.88. The molecule has 2 amide bonds. The number of benzene rings is 3. The summed E-state index contributed by atoms with van der Waals surface area (Å²) in [5, 5.41) is 24.7. The van der Waals surface area contributed by atoms with Crippen molar-refractivity contribution in [1.29, 1.82) is 0 Å². The highest BCUT2D eigenvalue weighted by atomic mass is 35.5. The van der Waals surface area contributed by atoms with Crippen molar-refractivity contribution in [3.63, 3.8) is 0 Å². The summed E-state index contributed by atoms with van der Waals surface area (Å²) in [6.07, 6.45) is 1.78. The molecule has 24 heteroatoms. The number of aliphatic hydroxyl groups is 2. The van der Waals surface area contributed by atoms with Gasteiger partial charge in [-0.25, -0.2) is 26.3 Å². The average molecular weight is 1140 g/mol. The van der Waals surface area contributed by atoms with Gasteiger partial charge in [-0.2, -0.15) is 0 Å². The van der Waals surface area contributed by atoms with Crippen LogP contribution in [0.25, 0.3) is 0 Å². The monoisotopic (exact) mass is 1130 g/mol. The topological polar surface area (TPSA) is 226 Å². The number of fused-ring (bicyclic) bond motifs is 2. The summed E-state index contributed by atoms with van der Waals surface area (Å²) in [4.78, 5) is 30.6. The summed E-state index contributed by atoms with van der Waals surface area (Å²) in [6, 6.07) is 14.0. The molecule has 5 atom stereocenters. The van der Waals surface area contributed by atoms with Crippen LogP contribution in [-0.4, -0.2) is 184 Å². The number of nitrogens with zero attached hydrogens (tertiary/aromatic N) is 3. The van der Waals surface area contributed by atoms with Gasteiger partial charge in [0, 0.05) is 91.3 Å². The highest BCUT2D eigenvalue weighted by molar-refractivity contribution is 7.90. The Hall–Kier alpha value is -3.26. The number of amides is 2. The van der Waals surface area contributed by atoms with Crippen LogP contribution in [-0.2, 0) is 61.7 Å². The number of ether oxygens (including phenoxy) is 4. The number of hydrogen-bond acceptors (Lipinski definition) is 14. The minimum Gasteiger partial charge on any atom is -0.380 e. The molecule has 5 N–H and O–H groups in total. The van der Waals surface area contributed by atoms with Gasteiger partial charge in [0.25, 0.3) is 11.8 Å². The summed E-state index contributed by atoms with van der Waals surface area (Å²) >= 11 is 25.6. The lowest BCUT2D eigenvalue weighted by molar-refractivity contribution is -0.152. The number of hydrogen-bond donors (Lipinski definition) is 5. The van der Waals surface area contributed by atoms with E-state index >= 15 is 0 Å². The second kappa shape index (κ2) is 27.7. The lowest BCUT2D eigenvalue weighted by Crippen LogP contribution is -2.50. The Kier molecular flexibility index (Phi) is 22.4. The van der Waals surface area contributed by atoms with E-state index in [2.05, 4.69) is 24.6 Å². The molecule has 0 fully saturated rings. The van der Waals surface area contributed by atoms with E-state index < -0.39 is 49.3 Å². The van der Waals surface area contributed by atoms with E-state index in [0.29, 0.717) is 39.6 Å². The molecule has 402 valence electrons. The average Bonchev–Trinajstić information content (AvgIpc) is 3.35. The summed E-state index contributed by atoms with van der Waals surface area (Å²) in [6.45, 7) is 3.83. The molecule has 4 unspecified atom stereocenters. The molecule has 0 radical (unpaired) electrons. The van der Waals surface area contributed by atoms with Gasteiger partial charge in [-0.1, -0.05) is 76.8 Å². The van der Waals surface area contributed by atoms with Crippen LogP contribution in [0.2, 0.25) is 20.1 Å². The minimum absolute atomic E-state index is 0.0160. The first-order valence-corrected chi connectivity index (χ1v) is 28.3. The summed E-state index contributed by atoms with van der Waals surface area (Å²) in [7, 11) is -2.06. The normalized spacial score (nSPS) is 19.2. The minimum atomic E-state index is -3.80. The van der Waals surface area contributed by atoms with E-state index in [-0.39, 0.29) is 95.8 Å². The third-order valence-electron chi connectivity index (χ3n) is 12.6. The molecule has 3 aromatic rings. The Morgan fingerprint density at radius 1 is 0.712 bits per heavy atom. The van der Waals surface area contributed by atoms with E-state index in [1.807, 2.05) is 38.4 Å². The van der Waals surface area contributed by atoms with Crippen LogP contribution in [0.5, 0.6) is 0 Å². The molecule has 18 nitrogen and oxygen atoms in total. The number of nitrogens with one attached hydrogen (secondary N) is 3. The van der Waals surface area contributed by atoms with Crippen molar-refractivity contribution in [1.82, 2.24) is 29.5 Å². The van der Waals surface area contributed by atoms with Crippen LogP contribution < -0.4 is 14.8 Å². The predicted molar refractivity (Wildman–Crippen MR) is 280 cm³/mol. The van der Waals surface area contributed by atoms with Gasteiger partial charge in [-0.3, -0.25) is 9.59 Å². The van der Waals surface area contributed by atoms with Crippen molar-refractivity contribution in [3.05, 3.63) is 120 Å². The van der Waals surface area contributed by atoms with Crippen LogP contribution in [0.1, 0.15) is 46.1 Å². The zero-order valence-corrected chi connectivity index (χ0v) is 45.6. The fraction of sp³-hybridized carbons (Fsp3) is 0.510. The number of likely N-dealkylation sites (N-methyl/N-ethyl adjacent to an activating group) is 3. The molecule has 0 saturated carbocycles. The maximum absolute atomic E-state index is 13.0. The molecule has 2 aliphatic heterocycles. The molecule has 1 aliphatic carbocycles. The predicted octanol–water partition coefficient (Wildman–Crippen LogP) is 3.92. The Bertz CT molecular complexity index is 2670. The van der Waals surface area contributed by atoms with Crippen LogP contribution >= 0.6 is 46.4 Å². The number of halogens is 4. The van der Waals surface area contributed by atoms with Crippen molar-refractivity contribution >= 4 is 78.3 Å². The highest BCUT2D eigenvalue weighted by Gasteiger charge is 2.33. The highest BCUT2D eigenvalue weighted by Crippen LogP contribution is 2.41. The molecule has 0 bridgehead atoms. The number of allylic oxidation sites excluding steroid dienone is 2. The van der Waals surface area contributed by atoms with Crippen molar-refractivity contribution in [2.75, 3.05) is 113 Å². The maximum Gasteiger partial charge on any atom is 0.254 e. The molecule has 73 heavy (non-hydrogen) atoms. The summed E-state index contributed by atoms with van der Waals surface area (Å²) < 4.78 is 78.9. The first-order chi connectivity index (χ1) is 34.7. The second-order valence-corrected chi connectivity index (χ2v) is 23.5. The quantitative estimate of drug-likeness (QED) is 0.0683. The lowest BCUT2D eigenvalue weighted by Gasteiger charge is -2.34. The molecule has 2 heterocycles. The van der Waals surface area contributed by atoms with Gasteiger partial charge in [0.15, 0.2) is 12.2 Å². The van der Waals surface area contributed by atoms with E-state index in [1.165, 1.54) is 7.05 Å². The van der Waals surface area contributed by atoms with Gasteiger partial charge in [0.2, 0.25) is 20.0 Å². The molecule has 0 aromatic heterocycles. The Balaban J connectivity index is 0.759. The second-order valence-electron chi connectivity index (χ2n) is 18.0. The molecule has 3 aromatic carbocycles. The van der Waals surface area contributed by atoms with Crippen molar-refractivity contribution < 1.29 is 55.6 Å². The third-order valence-corrected chi connectivity index (χ3v) is 17.0. The molecular weight excluding hydrogens is 1070 g/mol. The first-order valence-electron chi connectivity index (χ1n) is 23.7. The smallest absolute Gasteiger partial charge is 0.254 e. The van der Waals surface area contributed by atoms with Gasteiger partial charge >= 0.3 is 0 Å². The number of sulfonamides is 2. The molecule has 0 saturated heterocycles. The Morgan fingerprint density at radius 3 is 1.79 bits per heavy atom. The van der Waals surface area contributed by atoms with Crippen molar-refractivity contribution in [2.24, 2.45) is 0 Å². The Labute approximate surface area is 447 Å². The van der Waals surface area contributed by atoms with E-state index in [1.54, 1.807) is 42.5 Å². The van der Waals surface area contributed by atoms with Crippen LogP contribution in [0.3, 0.4) is 0 Å². The van der Waals surface area contributed by atoms with E-state index in [9.17, 15) is 36.6 Å². The zero-order chi connectivity index (χ0) is 52.9. The Morgan fingerprint density at radius 2 is 1.23 bits per heavy atom. The fourth-order valence-corrected chi connectivity index (χ4v) is 12.1. The number of rotatable bonds is 27. The first kappa shape index (κ1) is 59.0. The van der Waals surface area contributed by atoms with Gasteiger partial charge in [0.05, 0.1) is 63.0 Å². The molecule has 3 aliphatic rings. The van der Waals surface area contributed by atoms with E-state index in [4.69, 9.17) is 65.4 Å². The van der Waals surface area contributed by atoms with Crippen LogP contribution in [0.4, 0.5) is 0 Å². The largest absolute Gasteiger partial charge is 0.380 e. The van der Waals surface area contributed by atoms with Crippen molar-refractivity contribution in [2.45, 2.75) is 53.7 Å². The van der Waals surface area contributed by atoms with Gasteiger partial charge in [-0.15, -0.1) is 0 Å². The molecular formula is C49H64Cl4N6O12S2. The van der Waals surface area contributed by atoms with Crippen molar-refractivity contribution in [3.8, 4) is 0 Å².